The molecule has 1 fully saturated rings. The fraction of sp³-hybridized carbons (Fsp3) is 0.471. The SMILES string of the molecule is COC(=O)c1cccc(C(=O)N[C@@H](C(N)=O)C2CCCCC2)c1. The summed E-state index contributed by atoms with van der Waals surface area (Å²) in [4.78, 5) is 35.7. The molecule has 124 valence electrons. The lowest BCUT2D eigenvalue weighted by molar-refractivity contribution is -0.121. The quantitative estimate of drug-likeness (QED) is 0.806. The number of nitrogens with two attached hydrogens (primary N) is 1. The Morgan fingerprint density at radius 3 is 2.43 bits per heavy atom. The number of methoxy groups -OCH3 is 1. The third-order valence-corrected chi connectivity index (χ3v) is 4.26. The van der Waals surface area contributed by atoms with E-state index in [9.17, 15) is 14.4 Å². The summed E-state index contributed by atoms with van der Waals surface area (Å²) in [6.07, 6.45) is 5.01. The molecule has 1 aromatic carbocycles. The third kappa shape index (κ3) is 4.31. The van der Waals surface area contributed by atoms with Gasteiger partial charge in [-0.15, -0.1) is 0 Å². The highest BCUT2D eigenvalue weighted by Crippen LogP contribution is 2.26. The number of carbonyl (C=O) groups is 3. The van der Waals surface area contributed by atoms with Gasteiger partial charge in [-0.1, -0.05) is 25.3 Å². The average molecular weight is 318 g/mol. The number of amides is 2. The van der Waals surface area contributed by atoms with Crippen LogP contribution in [0.5, 0.6) is 0 Å². The van der Waals surface area contributed by atoms with E-state index in [2.05, 4.69) is 10.1 Å². The van der Waals surface area contributed by atoms with Gasteiger partial charge in [-0.3, -0.25) is 9.59 Å². The van der Waals surface area contributed by atoms with Gasteiger partial charge in [0.05, 0.1) is 12.7 Å². The van der Waals surface area contributed by atoms with E-state index in [-0.39, 0.29) is 11.5 Å². The Morgan fingerprint density at radius 2 is 1.83 bits per heavy atom. The highest BCUT2D eigenvalue weighted by molar-refractivity contribution is 5.99. The van der Waals surface area contributed by atoms with Gasteiger partial charge >= 0.3 is 5.97 Å². The van der Waals surface area contributed by atoms with Crippen LogP contribution in [-0.4, -0.2) is 30.9 Å². The van der Waals surface area contributed by atoms with E-state index in [1.54, 1.807) is 18.2 Å². The van der Waals surface area contributed by atoms with Crippen LogP contribution in [0.3, 0.4) is 0 Å². The molecule has 1 aliphatic carbocycles. The van der Waals surface area contributed by atoms with Gasteiger partial charge in [-0.25, -0.2) is 4.79 Å². The van der Waals surface area contributed by atoms with Crippen LogP contribution in [0.25, 0.3) is 0 Å². The van der Waals surface area contributed by atoms with Crippen molar-refractivity contribution in [1.82, 2.24) is 5.32 Å². The molecule has 6 nitrogen and oxygen atoms in total. The zero-order valence-corrected chi connectivity index (χ0v) is 13.2. The first-order valence-electron chi connectivity index (χ1n) is 7.81. The number of rotatable bonds is 5. The summed E-state index contributed by atoms with van der Waals surface area (Å²) in [5.74, 6) is -1.37. The van der Waals surface area contributed by atoms with Crippen LogP contribution in [0.15, 0.2) is 24.3 Å². The Kier molecular flexibility index (Phi) is 5.73. The van der Waals surface area contributed by atoms with Gasteiger partial charge < -0.3 is 15.8 Å². The lowest BCUT2D eigenvalue weighted by Crippen LogP contribution is -2.49. The summed E-state index contributed by atoms with van der Waals surface area (Å²) in [7, 11) is 1.28. The van der Waals surface area contributed by atoms with Gasteiger partial charge in [0.2, 0.25) is 5.91 Å². The molecule has 0 aromatic heterocycles. The van der Waals surface area contributed by atoms with Crippen molar-refractivity contribution < 1.29 is 19.1 Å². The van der Waals surface area contributed by atoms with Crippen molar-refractivity contribution in [3.8, 4) is 0 Å². The number of hydrogen-bond acceptors (Lipinski definition) is 4. The first kappa shape index (κ1) is 17.0. The molecule has 1 aliphatic rings. The van der Waals surface area contributed by atoms with E-state index in [0.717, 1.165) is 32.1 Å². The maximum atomic E-state index is 12.4. The smallest absolute Gasteiger partial charge is 0.337 e. The Bertz CT molecular complexity index is 594. The summed E-state index contributed by atoms with van der Waals surface area (Å²) >= 11 is 0. The maximum absolute atomic E-state index is 12.4. The topological polar surface area (TPSA) is 98.5 Å². The number of primary amides is 1. The van der Waals surface area contributed by atoms with Gasteiger partial charge in [-0.2, -0.15) is 0 Å². The molecule has 0 heterocycles. The predicted molar refractivity (Wildman–Crippen MR) is 84.8 cm³/mol. The van der Waals surface area contributed by atoms with Gasteiger partial charge in [0.15, 0.2) is 0 Å². The normalized spacial score (nSPS) is 16.4. The zero-order chi connectivity index (χ0) is 16.8. The molecule has 6 heteroatoms. The van der Waals surface area contributed by atoms with Crippen LogP contribution in [0, 0.1) is 5.92 Å². The van der Waals surface area contributed by atoms with E-state index < -0.39 is 23.8 Å². The van der Waals surface area contributed by atoms with Crippen molar-refractivity contribution in [2.45, 2.75) is 38.1 Å². The van der Waals surface area contributed by atoms with E-state index in [1.807, 2.05) is 0 Å². The number of benzene rings is 1. The van der Waals surface area contributed by atoms with E-state index in [0.29, 0.717) is 5.56 Å². The van der Waals surface area contributed by atoms with Gasteiger partial charge in [0, 0.05) is 5.56 Å². The molecule has 0 aliphatic heterocycles. The number of nitrogens with one attached hydrogen (secondary N) is 1. The standard InChI is InChI=1S/C17H22N2O4/c1-23-17(22)13-9-5-8-12(10-13)16(21)19-14(15(18)20)11-6-3-2-4-7-11/h5,8-11,14H,2-4,6-7H2,1H3,(H2,18,20)(H,19,21)/t14-/m1/s1. The molecule has 0 unspecified atom stereocenters. The number of esters is 1. The second-order valence-electron chi connectivity index (χ2n) is 5.82. The van der Waals surface area contributed by atoms with E-state index >= 15 is 0 Å². The summed E-state index contributed by atoms with van der Waals surface area (Å²) < 4.78 is 4.64. The Labute approximate surface area is 135 Å². The zero-order valence-electron chi connectivity index (χ0n) is 13.2. The lowest BCUT2D eigenvalue weighted by Gasteiger charge is -2.28. The molecule has 0 spiro atoms. The highest BCUT2D eigenvalue weighted by atomic mass is 16.5. The highest BCUT2D eigenvalue weighted by Gasteiger charge is 2.29. The van der Waals surface area contributed by atoms with Crippen molar-refractivity contribution in [2.75, 3.05) is 7.11 Å². The Balaban J connectivity index is 2.12. The van der Waals surface area contributed by atoms with Crippen LogP contribution in [0.1, 0.15) is 52.8 Å². The molecule has 1 saturated carbocycles. The second-order valence-corrected chi connectivity index (χ2v) is 5.82. The second kappa shape index (κ2) is 7.76. The van der Waals surface area contributed by atoms with Crippen LogP contribution in [0.4, 0.5) is 0 Å². The molecule has 1 aromatic rings. The third-order valence-electron chi connectivity index (χ3n) is 4.26. The fourth-order valence-corrected chi connectivity index (χ4v) is 3.02. The summed E-state index contributed by atoms with van der Waals surface area (Å²) in [5.41, 5.74) is 6.05. The largest absolute Gasteiger partial charge is 0.465 e. The van der Waals surface area contributed by atoms with Gasteiger partial charge in [0.25, 0.3) is 5.91 Å². The molecule has 1 atom stereocenters. The van der Waals surface area contributed by atoms with Crippen LogP contribution in [0.2, 0.25) is 0 Å². The Hall–Kier alpha value is -2.37. The predicted octanol–water partition coefficient (Wildman–Crippen LogP) is 1.64. The Morgan fingerprint density at radius 1 is 1.17 bits per heavy atom. The number of ether oxygens (including phenoxy) is 1. The molecule has 2 rings (SSSR count). The molecule has 3 N–H and O–H groups in total. The van der Waals surface area contributed by atoms with Crippen LogP contribution in [-0.2, 0) is 9.53 Å². The van der Waals surface area contributed by atoms with E-state index in [4.69, 9.17) is 5.73 Å². The lowest BCUT2D eigenvalue weighted by atomic mass is 9.83. The van der Waals surface area contributed by atoms with Crippen LogP contribution < -0.4 is 11.1 Å². The fourth-order valence-electron chi connectivity index (χ4n) is 3.02. The minimum atomic E-state index is -0.676. The van der Waals surface area contributed by atoms with Gasteiger partial charge in [-0.05, 0) is 37.0 Å². The molecule has 0 bridgehead atoms. The van der Waals surface area contributed by atoms with Gasteiger partial charge in [0.1, 0.15) is 6.04 Å². The number of carbonyl (C=O) groups excluding carboxylic acids is 3. The minimum absolute atomic E-state index is 0.0778. The molecular weight excluding hydrogens is 296 g/mol. The van der Waals surface area contributed by atoms with E-state index in [1.165, 1.54) is 13.2 Å². The van der Waals surface area contributed by atoms with Crippen molar-refractivity contribution in [2.24, 2.45) is 11.7 Å². The van der Waals surface area contributed by atoms with Crippen molar-refractivity contribution in [1.29, 1.82) is 0 Å². The molecular formula is C17H22N2O4. The number of hydrogen-bond donors (Lipinski definition) is 2. The molecule has 0 radical (unpaired) electrons. The van der Waals surface area contributed by atoms with Crippen molar-refractivity contribution in [3.63, 3.8) is 0 Å². The van der Waals surface area contributed by atoms with Crippen LogP contribution >= 0.6 is 0 Å². The summed E-state index contributed by atoms with van der Waals surface area (Å²) in [6, 6.07) is 5.52. The van der Waals surface area contributed by atoms with Crippen molar-refractivity contribution >= 4 is 17.8 Å². The average Bonchev–Trinajstić information content (AvgIpc) is 2.59. The first-order chi connectivity index (χ1) is 11.0. The molecule has 23 heavy (non-hydrogen) atoms. The summed E-state index contributed by atoms with van der Waals surface area (Å²) in [5, 5.41) is 2.72. The minimum Gasteiger partial charge on any atom is -0.465 e. The van der Waals surface area contributed by atoms with Crippen molar-refractivity contribution in [3.05, 3.63) is 35.4 Å². The first-order valence-corrected chi connectivity index (χ1v) is 7.81. The molecule has 2 amide bonds. The molecule has 0 saturated heterocycles. The summed E-state index contributed by atoms with van der Waals surface area (Å²) in [6.45, 7) is 0. The maximum Gasteiger partial charge on any atom is 0.337 e. The monoisotopic (exact) mass is 318 g/mol.